The first-order chi connectivity index (χ1) is 13.4. The van der Waals surface area contributed by atoms with Crippen LogP contribution in [0.4, 0.5) is 0 Å². The van der Waals surface area contributed by atoms with Gasteiger partial charge in [-0.25, -0.2) is 4.98 Å². The first-order valence-corrected chi connectivity index (χ1v) is 14.4. The van der Waals surface area contributed by atoms with Crippen LogP contribution in [0.1, 0.15) is 54.4 Å². The number of allylic oxidation sites excluding steroid dienone is 1. The van der Waals surface area contributed by atoms with Crippen molar-refractivity contribution in [1.29, 1.82) is 0 Å². The zero-order valence-corrected chi connectivity index (χ0v) is 21.3. The third kappa shape index (κ3) is 7.42. The Balaban J connectivity index is 2.04. The van der Waals surface area contributed by atoms with Crippen LogP contribution in [-0.4, -0.2) is 38.1 Å². The quantitative estimate of drug-likeness (QED) is 0.353. The predicted octanol–water partition coefficient (Wildman–Crippen LogP) is 6.65. The second-order valence-electron chi connectivity index (χ2n) is 10.2. The standard InChI is InChI=1S/C23H39NO3SSi/c1-22(2,3)19(27-29(7,8)23(4,5)6)14-17-25-18-12-11-16-26-21(18)28-20-13-9-10-15-24-20/h9-10,13-15,18,21H,11-12,16-17H2,1-8H3/b19-14+/t18-,21-/m1/s1. The first kappa shape index (κ1) is 24.4. The van der Waals surface area contributed by atoms with Crippen molar-refractivity contribution in [3.63, 3.8) is 0 Å². The van der Waals surface area contributed by atoms with E-state index in [1.54, 1.807) is 11.8 Å². The van der Waals surface area contributed by atoms with Crippen molar-refractivity contribution in [3.05, 3.63) is 36.2 Å². The zero-order chi connectivity index (χ0) is 21.7. The Labute approximate surface area is 182 Å². The van der Waals surface area contributed by atoms with E-state index in [4.69, 9.17) is 13.9 Å². The number of hydrogen-bond donors (Lipinski definition) is 0. The van der Waals surface area contributed by atoms with Gasteiger partial charge in [-0.1, -0.05) is 59.4 Å². The summed E-state index contributed by atoms with van der Waals surface area (Å²) in [7, 11) is -1.89. The highest BCUT2D eigenvalue weighted by atomic mass is 32.2. The van der Waals surface area contributed by atoms with Crippen LogP contribution in [0.3, 0.4) is 0 Å². The maximum Gasteiger partial charge on any atom is 0.250 e. The normalized spacial score (nSPS) is 21.9. The van der Waals surface area contributed by atoms with Crippen molar-refractivity contribution >= 4 is 20.1 Å². The summed E-state index contributed by atoms with van der Waals surface area (Å²) < 4.78 is 18.9. The van der Waals surface area contributed by atoms with Crippen molar-refractivity contribution in [2.75, 3.05) is 13.2 Å². The van der Waals surface area contributed by atoms with Gasteiger partial charge in [0.1, 0.15) is 5.44 Å². The van der Waals surface area contributed by atoms with Crippen LogP contribution in [0, 0.1) is 5.41 Å². The van der Waals surface area contributed by atoms with Crippen molar-refractivity contribution in [2.45, 2.75) is 89.1 Å². The second kappa shape index (κ2) is 9.99. The summed E-state index contributed by atoms with van der Waals surface area (Å²) in [5.74, 6) is 1.04. The highest BCUT2D eigenvalue weighted by molar-refractivity contribution is 7.99. The van der Waals surface area contributed by atoms with Gasteiger partial charge in [0.05, 0.1) is 23.5 Å². The molecule has 1 aliphatic heterocycles. The molecule has 6 heteroatoms. The molecule has 1 saturated heterocycles. The molecule has 2 rings (SSSR count). The SMILES string of the molecule is CC(C)(C)/C(=C\CO[C@@H]1CCCO[C@@H]1Sc1ccccn1)O[Si](C)(C)C(C)(C)C. The molecule has 4 nitrogen and oxygen atoms in total. The number of ether oxygens (including phenoxy) is 2. The average Bonchev–Trinajstić information content (AvgIpc) is 2.61. The van der Waals surface area contributed by atoms with Crippen molar-refractivity contribution in [3.8, 4) is 0 Å². The molecule has 0 aromatic carbocycles. The molecule has 164 valence electrons. The Bertz CT molecular complexity index is 665. The van der Waals surface area contributed by atoms with Gasteiger partial charge in [-0.3, -0.25) is 0 Å². The molecule has 0 amide bonds. The number of nitrogens with zero attached hydrogens (tertiary/aromatic N) is 1. The minimum atomic E-state index is -1.89. The summed E-state index contributed by atoms with van der Waals surface area (Å²) in [5.41, 5.74) is -0.0733. The lowest BCUT2D eigenvalue weighted by atomic mass is 9.94. The fraction of sp³-hybridized carbons (Fsp3) is 0.696. The third-order valence-corrected chi connectivity index (χ3v) is 11.1. The molecule has 2 heterocycles. The molecule has 0 spiro atoms. The van der Waals surface area contributed by atoms with Gasteiger partial charge < -0.3 is 13.9 Å². The van der Waals surface area contributed by atoms with Gasteiger partial charge in [-0.15, -0.1) is 0 Å². The Morgan fingerprint density at radius 1 is 1.24 bits per heavy atom. The molecule has 2 atom stereocenters. The van der Waals surface area contributed by atoms with Crippen LogP contribution in [0.2, 0.25) is 18.1 Å². The van der Waals surface area contributed by atoms with Crippen LogP contribution in [0.25, 0.3) is 0 Å². The number of rotatable bonds is 7. The topological polar surface area (TPSA) is 40.6 Å². The van der Waals surface area contributed by atoms with E-state index in [-0.39, 0.29) is 22.0 Å². The van der Waals surface area contributed by atoms with E-state index in [2.05, 4.69) is 65.7 Å². The molecule has 1 aliphatic rings. The largest absolute Gasteiger partial charge is 0.546 e. The maximum atomic E-state index is 6.65. The van der Waals surface area contributed by atoms with E-state index in [0.29, 0.717) is 6.61 Å². The van der Waals surface area contributed by atoms with Gasteiger partial charge in [0, 0.05) is 18.2 Å². The van der Waals surface area contributed by atoms with E-state index in [0.717, 1.165) is 30.2 Å². The van der Waals surface area contributed by atoms with Crippen LogP contribution >= 0.6 is 11.8 Å². The van der Waals surface area contributed by atoms with E-state index >= 15 is 0 Å². The molecule has 29 heavy (non-hydrogen) atoms. The van der Waals surface area contributed by atoms with Gasteiger partial charge in [0.2, 0.25) is 8.32 Å². The monoisotopic (exact) mass is 437 g/mol. The summed E-state index contributed by atoms with van der Waals surface area (Å²) in [5, 5.41) is 1.14. The summed E-state index contributed by atoms with van der Waals surface area (Å²) in [6, 6.07) is 5.95. The molecule has 1 aromatic rings. The van der Waals surface area contributed by atoms with Crippen molar-refractivity contribution in [2.24, 2.45) is 5.41 Å². The molecule has 0 aliphatic carbocycles. The van der Waals surface area contributed by atoms with E-state index < -0.39 is 8.32 Å². The molecule has 1 aromatic heterocycles. The van der Waals surface area contributed by atoms with Gasteiger partial charge in [0.15, 0.2) is 0 Å². The molecule has 1 fully saturated rings. The van der Waals surface area contributed by atoms with E-state index in [1.165, 1.54) is 0 Å². The van der Waals surface area contributed by atoms with Crippen LogP contribution < -0.4 is 0 Å². The van der Waals surface area contributed by atoms with E-state index in [1.807, 2.05) is 24.4 Å². The Kier molecular flexibility index (Phi) is 8.42. The highest BCUT2D eigenvalue weighted by Crippen LogP contribution is 2.41. The number of pyridine rings is 1. The van der Waals surface area contributed by atoms with Crippen LogP contribution in [0.5, 0.6) is 0 Å². The number of hydrogen-bond acceptors (Lipinski definition) is 5. The molecule has 0 unspecified atom stereocenters. The first-order valence-electron chi connectivity index (χ1n) is 10.6. The van der Waals surface area contributed by atoms with Gasteiger partial charge in [0.25, 0.3) is 0 Å². The molecular weight excluding hydrogens is 398 g/mol. The average molecular weight is 438 g/mol. The maximum absolute atomic E-state index is 6.65. The third-order valence-electron chi connectivity index (χ3n) is 5.58. The van der Waals surface area contributed by atoms with Crippen molar-refractivity contribution in [1.82, 2.24) is 4.98 Å². The Morgan fingerprint density at radius 2 is 1.97 bits per heavy atom. The number of thioether (sulfide) groups is 1. The van der Waals surface area contributed by atoms with E-state index in [9.17, 15) is 0 Å². The second-order valence-corrected chi connectivity index (χ2v) is 16.1. The van der Waals surface area contributed by atoms with Crippen molar-refractivity contribution < 1.29 is 13.9 Å². The molecule has 0 N–H and O–H groups in total. The van der Waals surface area contributed by atoms with Gasteiger partial charge in [-0.2, -0.15) is 0 Å². The Hall–Kier alpha value is -0.823. The molecule has 0 bridgehead atoms. The minimum absolute atomic E-state index is 0.0218. The van der Waals surface area contributed by atoms with Crippen LogP contribution in [0.15, 0.2) is 41.3 Å². The molecule has 0 radical (unpaired) electrons. The Morgan fingerprint density at radius 3 is 2.55 bits per heavy atom. The fourth-order valence-corrected chi connectivity index (χ4v) is 5.00. The van der Waals surface area contributed by atoms with Gasteiger partial charge >= 0.3 is 0 Å². The lowest BCUT2D eigenvalue weighted by Crippen LogP contribution is -2.42. The van der Waals surface area contributed by atoms with Crippen LogP contribution in [-0.2, 0) is 13.9 Å². The zero-order valence-electron chi connectivity index (χ0n) is 19.5. The summed E-state index contributed by atoms with van der Waals surface area (Å²) in [6.45, 7) is 19.3. The molecular formula is C23H39NO3SSi. The smallest absolute Gasteiger partial charge is 0.250 e. The lowest BCUT2D eigenvalue weighted by Gasteiger charge is -2.40. The lowest BCUT2D eigenvalue weighted by molar-refractivity contribution is -0.0590. The summed E-state index contributed by atoms with van der Waals surface area (Å²) in [4.78, 5) is 4.41. The summed E-state index contributed by atoms with van der Waals surface area (Å²) >= 11 is 1.65. The minimum Gasteiger partial charge on any atom is -0.546 e. The predicted molar refractivity (Wildman–Crippen MR) is 125 cm³/mol. The van der Waals surface area contributed by atoms with Gasteiger partial charge in [-0.05, 0) is 49.2 Å². The highest BCUT2D eigenvalue weighted by Gasteiger charge is 2.41. The molecule has 0 saturated carbocycles. The summed E-state index contributed by atoms with van der Waals surface area (Å²) in [6.07, 6.45) is 6.04. The number of aromatic nitrogens is 1. The fourth-order valence-electron chi connectivity index (χ4n) is 2.71.